The Morgan fingerprint density at radius 2 is 1.92 bits per heavy atom. The number of nitrogens with one attached hydrogen (secondary N) is 3. The molecule has 1 rings (SSSR count). The van der Waals surface area contributed by atoms with Crippen molar-refractivity contribution in [1.82, 2.24) is 15.5 Å². The van der Waals surface area contributed by atoms with Crippen LogP contribution in [0.25, 0.3) is 0 Å². The molecule has 0 bridgehead atoms. The van der Waals surface area contributed by atoms with Gasteiger partial charge in [-0.15, -0.1) is 0 Å². The van der Waals surface area contributed by atoms with Crippen molar-refractivity contribution < 1.29 is 14.3 Å². The second-order valence-electron chi connectivity index (χ2n) is 5.40. The minimum atomic E-state index is -0.485. The van der Waals surface area contributed by atoms with Crippen molar-refractivity contribution in [1.29, 1.82) is 5.41 Å². The zero-order valence-corrected chi connectivity index (χ0v) is 14.4. The first-order chi connectivity index (χ1) is 11.9. The number of guanidine groups is 1. The molecule has 1 aromatic carbocycles. The van der Waals surface area contributed by atoms with Gasteiger partial charge in [-0.05, 0) is 12.5 Å². The van der Waals surface area contributed by atoms with Crippen molar-refractivity contribution in [3.63, 3.8) is 0 Å². The Morgan fingerprint density at radius 1 is 1.24 bits per heavy atom. The van der Waals surface area contributed by atoms with Crippen molar-refractivity contribution in [3.05, 3.63) is 48.0 Å². The molecule has 0 spiro atoms. The Morgan fingerprint density at radius 3 is 2.52 bits per heavy atom. The lowest BCUT2D eigenvalue weighted by atomic mass is 10.2. The topological polar surface area (TPSA) is 121 Å². The van der Waals surface area contributed by atoms with E-state index in [-0.39, 0.29) is 25.1 Å². The van der Waals surface area contributed by atoms with Gasteiger partial charge >= 0.3 is 12.0 Å². The van der Waals surface area contributed by atoms with Crippen LogP contribution in [-0.4, -0.2) is 49.1 Å². The molecule has 0 saturated carbocycles. The first-order valence-corrected chi connectivity index (χ1v) is 7.87. The van der Waals surface area contributed by atoms with Crippen LogP contribution in [0.1, 0.15) is 12.5 Å². The van der Waals surface area contributed by atoms with Gasteiger partial charge < -0.3 is 26.0 Å². The van der Waals surface area contributed by atoms with Gasteiger partial charge in [0.25, 0.3) is 0 Å². The highest BCUT2D eigenvalue weighted by molar-refractivity contribution is 5.86. The summed E-state index contributed by atoms with van der Waals surface area (Å²) in [5.41, 5.74) is 6.55. The number of carbonyl (C=O) groups is 2. The molecule has 0 aliphatic carbocycles. The maximum Gasteiger partial charge on any atom is 0.333 e. The zero-order chi connectivity index (χ0) is 18.7. The maximum atomic E-state index is 12.3. The van der Waals surface area contributed by atoms with E-state index in [1.54, 1.807) is 11.8 Å². The molecule has 0 aliphatic heterocycles. The SMILES string of the molecule is C=C(C)C(=O)OCCNC(=O)N(CCNC(=N)N)Cc1ccccc1. The average Bonchev–Trinajstić information content (AvgIpc) is 2.57. The Bertz CT molecular complexity index is 604. The molecule has 8 nitrogen and oxygen atoms in total. The molecular weight excluding hydrogens is 322 g/mol. The third kappa shape index (κ3) is 8.40. The van der Waals surface area contributed by atoms with Crippen molar-refractivity contribution in [2.45, 2.75) is 13.5 Å². The van der Waals surface area contributed by atoms with E-state index in [2.05, 4.69) is 17.2 Å². The monoisotopic (exact) mass is 347 g/mol. The average molecular weight is 347 g/mol. The molecule has 0 radical (unpaired) electrons. The first kappa shape index (κ1) is 20.0. The minimum absolute atomic E-state index is 0.0717. The number of urea groups is 1. The Balaban J connectivity index is 2.51. The molecule has 0 heterocycles. The van der Waals surface area contributed by atoms with E-state index in [1.807, 2.05) is 30.3 Å². The van der Waals surface area contributed by atoms with Crippen LogP contribution in [0.15, 0.2) is 42.5 Å². The van der Waals surface area contributed by atoms with E-state index in [4.69, 9.17) is 15.9 Å². The number of hydrogen-bond donors (Lipinski definition) is 4. The van der Waals surface area contributed by atoms with E-state index in [9.17, 15) is 9.59 Å². The van der Waals surface area contributed by atoms with Gasteiger partial charge in [0.15, 0.2) is 5.96 Å². The highest BCUT2D eigenvalue weighted by atomic mass is 16.5. The fraction of sp³-hybridized carbons (Fsp3) is 0.353. The first-order valence-electron chi connectivity index (χ1n) is 7.87. The number of amides is 2. The van der Waals surface area contributed by atoms with Crippen molar-refractivity contribution >= 4 is 18.0 Å². The number of nitrogens with two attached hydrogens (primary N) is 1. The standard InChI is InChI=1S/C17H25N5O3/c1-13(2)15(23)25-11-9-21-17(24)22(10-8-20-16(18)19)12-14-6-4-3-5-7-14/h3-7H,1,8-12H2,2H3,(H,21,24)(H4,18,19,20). The van der Waals surface area contributed by atoms with Crippen LogP contribution in [0.2, 0.25) is 0 Å². The van der Waals surface area contributed by atoms with Gasteiger partial charge in [0, 0.05) is 25.2 Å². The summed E-state index contributed by atoms with van der Waals surface area (Å²) in [4.78, 5) is 25.2. The van der Waals surface area contributed by atoms with E-state index in [0.29, 0.717) is 25.2 Å². The summed E-state index contributed by atoms with van der Waals surface area (Å²) < 4.78 is 4.94. The maximum absolute atomic E-state index is 12.3. The number of ether oxygens (including phenoxy) is 1. The molecular formula is C17H25N5O3. The number of nitrogens with zero attached hydrogens (tertiary/aromatic N) is 1. The second kappa shape index (κ2) is 10.7. The normalized spacial score (nSPS) is 9.80. The van der Waals surface area contributed by atoms with Gasteiger partial charge in [-0.3, -0.25) is 5.41 Å². The van der Waals surface area contributed by atoms with E-state index < -0.39 is 5.97 Å². The lowest BCUT2D eigenvalue weighted by molar-refractivity contribution is -0.138. The Hall–Kier alpha value is -3.03. The second-order valence-corrected chi connectivity index (χ2v) is 5.40. The summed E-state index contributed by atoms with van der Waals surface area (Å²) >= 11 is 0. The predicted molar refractivity (Wildman–Crippen MR) is 95.9 cm³/mol. The van der Waals surface area contributed by atoms with Crippen LogP contribution in [0, 0.1) is 5.41 Å². The summed E-state index contributed by atoms with van der Waals surface area (Å²) in [6.45, 7) is 6.46. The molecule has 136 valence electrons. The van der Waals surface area contributed by atoms with Crippen LogP contribution in [0.4, 0.5) is 4.79 Å². The van der Waals surface area contributed by atoms with Crippen molar-refractivity contribution in [2.24, 2.45) is 5.73 Å². The van der Waals surface area contributed by atoms with Crippen LogP contribution >= 0.6 is 0 Å². The fourth-order valence-corrected chi connectivity index (χ4v) is 1.92. The Labute approximate surface area is 147 Å². The number of esters is 1. The zero-order valence-electron chi connectivity index (χ0n) is 14.4. The molecule has 0 aliphatic rings. The van der Waals surface area contributed by atoms with Crippen LogP contribution in [0.5, 0.6) is 0 Å². The molecule has 1 aromatic rings. The molecule has 2 amide bonds. The lowest BCUT2D eigenvalue weighted by Gasteiger charge is -2.23. The largest absolute Gasteiger partial charge is 0.460 e. The molecule has 5 N–H and O–H groups in total. The van der Waals surface area contributed by atoms with E-state index >= 15 is 0 Å². The van der Waals surface area contributed by atoms with E-state index in [1.165, 1.54) is 0 Å². The van der Waals surface area contributed by atoms with Gasteiger partial charge in [0.1, 0.15) is 6.61 Å². The third-order valence-electron chi connectivity index (χ3n) is 3.16. The number of benzene rings is 1. The molecule has 8 heteroatoms. The molecule has 0 saturated heterocycles. The quantitative estimate of drug-likeness (QED) is 0.173. The number of carbonyl (C=O) groups excluding carboxylic acids is 2. The van der Waals surface area contributed by atoms with E-state index in [0.717, 1.165) is 5.56 Å². The van der Waals surface area contributed by atoms with Gasteiger partial charge in [-0.2, -0.15) is 0 Å². The summed E-state index contributed by atoms with van der Waals surface area (Å²) in [6.07, 6.45) is 0. The summed E-state index contributed by atoms with van der Waals surface area (Å²) in [5.74, 6) is -0.632. The third-order valence-corrected chi connectivity index (χ3v) is 3.16. The molecule has 0 fully saturated rings. The van der Waals surface area contributed by atoms with Crippen molar-refractivity contribution in [2.75, 3.05) is 26.2 Å². The van der Waals surface area contributed by atoms with Crippen LogP contribution in [0.3, 0.4) is 0 Å². The fourth-order valence-electron chi connectivity index (χ4n) is 1.92. The smallest absolute Gasteiger partial charge is 0.333 e. The Kier molecular flexibility index (Phi) is 8.56. The summed E-state index contributed by atoms with van der Waals surface area (Å²) in [5, 5.41) is 12.5. The van der Waals surface area contributed by atoms with Gasteiger partial charge in [-0.1, -0.05) is 36.9 Å². The van der Waals surface area contributed by atoms with Gasteiger partial charge in [0.05, 0.1) is 6.54 Å². The lowest BCUT2D eigenvalue weighted by Crippen LogP contribution is -2.45. The predicted octanol–water partition coefficient (Wildman–Crippen LogP) is 0.801. The van der Waals surface area contributed by atoms with Crippen LogP contribution < -0.4 is 16.4 Å². The number of rotatable bonds is 9. The van der Waals surface area contributed by atoms with Crippen LogP contribution in [-0.2, 0) is 16.1 Å². The molecule has 0 atom stereocenters. The van der Waals surface area contributed by atoms with Gasteiger partial charge in [-0.25, -0.2) is 9.59 Å². The minimum Gasteiger partial charge on any atom is -0.460 e. The van der Waals surface area contributed by atoms with Crippen molar-refractivity contribution in [3.8, 4) is 0 Å². The molecule has 0 aromatic heterocycles. The molecule has 0 unspecified atom stereocenters. The number of hydrogen-bond acceptors (Lipinski definition) is 4. The molecule has 25 heavy (non-hydrogen) atoms. The van der Waals surface area contributed by atoms with Gasteiger partial charge in [0.2, 0.25) is 0 Å². The highest BCUT2D eigenvalue weighted by Gasteiger charge is 2.13. The highest BCUT2D eigenvalue weighted by Crippen LogP contribution is 2.04. The summed E-state index contributed by atoms with van der Waals surface area (Å²) in [7, 11) is 0. The summed E-state index contributed by atoms with van der Waals surface area (Å²) in [6, 6.07) is 9.26.